The van der Waals surface area contributed by atoms with Crippen molar-refractivity contribution in [3.8, 4) is 5.75 Å². The van der Waals surface area contributed by atoms with Gasteiger partial charge in [0.1, 0.15) is 23.5 Å². The summed E-state index contributed by atoms with van der Waals surface area (Å²) in [6.45, 7) is 1.96. The maximum atomic E-state index is 13.2. The van der Waals surface area contributed by atoms with Gasteiger partial charge < -0.3 is 10.5 Å². The van der Waals surface area contributed by atoms with Gasteiger partial charge in [0, 0.05) is 6.54 Å². The quantitative estimate of drug-likeness (QED) is 0.918. The fraction of sp³-hybridized carbons (Fsp3) is 0.200. The Kier molecular flexibility index (Phi) is 4.12. The van der Waals surface area contributed by atoms with Gasteiger partial charge in [-0.15, -0.1) is 0 Å². The van der Waals surface area contributed by atoms with Crippen molar-refractivity contribution in [1.29, 1.82) is 0 Å². The number of benzene rings is 2. The molecular weight excluding hydrogens is 248 g/mol. The average molecular weight is 263 g/mol. The second kappa shape index (κ2) is 5.80. The summed E-state index contributed by atoms with van der Waals surface area (Å²) >= 11 is 0. The standard InChI is InChI=1S/C15H15F2NO/c1-10-7-13(17)5-6-14(10)19-15(9-18)11-3-2-4-12(16)8-11/h2-8,15H,9,18H2,1H3. The maximum Gasteiger partial charge on any atom is 0.136 e. The van der Waals surface area contributed by atoms with Crippen molar-refractivity contribution in [2.24, 2.45) is 5.73 Å². The third-order valence-corrected chi connectivity index (χ3v) is 2.84. The van der Waals surface area contributed by atoms with Crippen LogP contribution in [0.5, 0.6) is 5.75 Å². The van der Waals surface area contributed by atoms with E-state index in [4.69, 9.17) is 10.5 Å². The molecule has 0 heterocycles. The second-order valence-corrected chi connectivity index (χ2v) is 4.31. The zero-order valence-corrected chi connectivity index (χ0v) is 10.6. The van der Waals surface area contributed by atoms with E-state index in [0.29, 0.717) is 16.9 Å². The van der Waals surface area contributed by atoms with Crippen LogP contribution >= 0.6 is 0 Å². The maximum absolute atomic E-state index is 13.2. The molecule has 0 radical (unpaired) electrons. The van der Waals surface area contributed by atoms with E-state index in [1.54, 1.807) is 25.1 Å². The highest BCUT2D eigenvalue weighted by molar-refractivity contribution is 5.33. The van der Waals surface area contributed by atoms with Crippen LogP contribution in [-0.2, 0) is 0 Å². The van der Waals surface area contributed by atoms with Gasteiger partial charge in [0.2, 0.25) is 0 Å². The Hall–Kier alpha value is -1.94. The SMILES string of the molecule is Cc1cc(F)ccc1OC(CN)c1cccc(F)c1. The molecule has 100 valence electrons. The summed E-state index contributed by atoms with van der Waals surface area (Å²) in [6, 6.07) is 10.4. The van der Waals surface area contributed by atoms with E-state index >= 15 is 0 Å². The topological polar surface area (TPSA) is 35.2 Å². The van der Waals surface area contributed by atoms with Gasteiger partial charge in [-0.25, -0.2) is 8.78 Å². The highest BCUT2D eigenvalue weighted by Crippen LogP contribution is 2.25. The van der Waals surface area contributed by atoms with Crippen LogP contribution in [0.4, 0.5) is 8.78 Å². The van der Waals surface area contributed by atoms with Crippen LogP contribution in [0.2, 0.25) is 0 Å². The Bertz CT molecular complexity index is 572. The third kappa shape index (κ3) is 3.29. The number of rotatable bonds is 4. The van der Waals surface area contributed by atoms with E-state index in [0.717, 1.165) is 0 Å². The monoisotopic (exact) mass is 263 g/mol. The molecule has 4 heteroatoms. The van der Waals surface area contributed by atoms with E-state index in [1.807, 2.05) is 0 Å². The van der Waals surface area contributed by atoms with Crippen LogP contribution in [0.1, 0.15) is 17.2 Å². The molecule has 2 aromatic carbocycles. The normalized spacial score (nSPS) is 12.2. The highest BCUT2D eigenvalue weighted by Gasteiger charge is 2.13. The molecule has 0 saturated carbocycles. The molecule has 19 heavy (non-hydrogen) atoms. The van der Waals surface area contributed by atoms with E-state index in [9.17, 15) is 8.78 Å². The van der Waals surface area contributed by atoms with Crippen LogP contribution in [0, 0.1) is 18.6 Å². The van der Waals surface area contributed by atoms with Gasteiger partial charge >= 0.3 is 0 Å². The zero-order chi connectivity index (χ0) is 13.8. The Morgan fingerprint density at radius 2 is 1.84 bits per heavy atom. The van der Waals surface area contributed by atoms with Crippen molar-refractivity contribution in [1.82, 2.24) is 0 Å². The molecule has 0 aliphatic heterocycles. The van der Waals surface area contributed by atoms with Crippen LogP contribution in [-0.4, -0.2) is 6.54 Å². The van der Waals surface area contributed by atoms with Crippen molar-refractivity contribution < 1.29 is 13.5 Å². The summed E-state index contributed by atoms with van der Waals surface area (Å²) in [5.41, 5.74) is 7.00. The Balaban J connectivity index is 2.24. The lowest BCUT2D eigenvalue weighted by molar-refractivity contribution is 0.212. The minimum atomic E-state index is -0.458. The van der Waals surface area contributed by atoms with E-state index in [2.05, 4.69) is 0 Å². The Morgan fingerprint density at radius 1 is 1.11 bits per heavy atom. The number of hydrogen-bond donors (Lipinski definition) is 1. The summed E-state index contributed by atoms with van der Waals surface area (Å²) in [6.07, 6.45) is -0.458. The summed E-state index contributed by atoms with van der Waals surface area (Å²) in [5.74, 6) is -0.114. The molecule has 2 nitrogen and oxygen atoms in total. The van der Waals surface area contributed by atoms with Gasteiger partial charge in [0.25, 0.3) is 0 Å². The lowest BCUT2D eigenvalue weighted by atomic mass is 10.1. The average Bonchev–Trinajstić information content (AvgIpc) is 2.38. The largest absolute Gasteiger partial charge is 0.484 e. The molecule has 0 amide bonds. The summed E-state index contributed by atoms with van der Waals surface area (Å²) in [5, 5.41) is 0. The molecule has 2 aromatic rings. The first-order valence-corrected chi connectivity index (χ1v) is 5.98. The van der Waals surface area contributed by atoms with E-state index in [-0.39, 0.29) is 18.2 Å². The number of halogens is 2. The van der Waals surface area contributed by atoms with Crippen LogP contribution in [0.15, 0.2) is 42.5 Å². The molecule has 1 atom stereocenters. The number of nitrogens with two attached hydrogens (primary N) is 1. The molecular formula is C15H15F2NO. The third-order valence-electron chi connectivity index (χ3n) is 2.84. The Morgan fingerprint density at radius 3 is 2.47 bits per heavy atom. The van der Waals surface area contributed by atoms with Crippen LogP contribution < -0.4 is 10.5 Å². The number of aryl methyl sites for hydroxylation is 1. The predicted octanol–water partition coefficient (Wildman–Crippen LogP) is 3.35. The lowest BCUT2D eigenvalue weighted by Gasteiger charge is -2.19. The molecule has 0 saturated heterocycles. The molecule has 0 bridgehead atoms. The van der Waals surface area contributed by atoms with Gasteiger partial charge in [-0.3, -0.25) is 0 Å². The van der Waals surface area contributed by atoms with Gasteiger partial charge in [-0.05, 0) is 48.4 Å². The van der Waals surface area contributed by atoms with E-state index in [1.165, 1.54) is 24.3 Å². The molecule has 0 aliphatic rings. The molecule has 2 rings (SSSR count). The summed E-state index contributed by atoms with van der Waals surface area (Å²) in [7, 11) is 0. The van der Waals surface area contributed by atoms with Crippen molar-refractivity contribution in [3.05, 3.63) is 65.2 Å². The van der Waals surface area contributed by atoms with Gasteiger partial charge in [-0.2, -0.15) is 0 Å². The van der Waals surface area contributed by atoms with Gasteiger partial charge in [0.05, 0.1) is 0 Å². The summed E-state index contributed by atoms with van der Waals surface area (Å²) < 4.78 is 31.9. The van der Waals surface area contributed by atoms with Gasteiger partial charge in [-0.1, -0.05) is 12.1 Å². The molecule has 0 fully saturated rings. The first-order chi connectivity index (χ1) is 9.10. The number of hydrogen-bond acceptors (Lipinski definition) is 2. The van der Waals surface area contributed by atoms with Crippen LogP contribution in [0.3, 0.4) is 0 Å². The fourth-order valence-corrected chi connectivity index (χ4v) is 1.86. The fourth-order valence-electron chi connectivity index (χ4n) is 1.86. The minimum absolute atomic E-state index is 0.209. The van der Waals surface area contributed by atoms with Crippen molar-refractivity contribution in [2.45, 2.75) is 13.0 Å². The van der Waals surface area contributed by atoms with E-state index < -0.39 is 6.10 Å². The lowest BCUT2D eigenvalue weighted by Crippen LogP contribution is -2.19. The number of ether oxygens (including phenoxy) is 1. The first-order valence-electron chi connectivity index (χ1n) is 5.98. The van der Waals surface area contributed by atoms with Crippen molar-refractivity contribution in [2.75, 3.05) is 6.54 Å². The van der Waals surface area contributed by atoms with Crippen molar-refractivity contribution >= 4 is 0 Å². The predicted molar refractivity (Wildman–Crippen MR) is 70.0 cm³/mol. The molecule has 1 unspecified atom stereocenters. The smallest absolute Gasteiger partial charge is 0.136 e. The first kappa shape index (κ1) is 13.5. The zero-order valence-electron chi connectivity index (χ0n) is 10.6. The Labute approximate surface area is 110 Å². The van der Waals surface area contributed by atoms with Crippen molar-refractivity contribution in [3.63, 3.8) is 0 Å². The molecule has 0 aliphatic carbocycles. The van der Waals surface area contributed by atoms with Crippen LogP contribution in [0.25, 0.3) is 0 Å². The van der Waals surface area contributed by atoms with Gasteiger partial charge in [0.15, 0.2) is 0 Å². The summed E-state index contributed by atoms with van der Waals surface area (Å²) in [4.78, 5) is 0. The minimum Gasteiger partial charge on any atom is -0.484 e. The molecule has 0 aromatic heterocycles. The molecule has 2 N–H and O–H groups in total. The highest BCUT2D eigenvalue weighted by atomic mass is 19.1. The molecule has 0 spiro atoms. The second-order valence-electron chi connectivity index (χ2n) is 4.31.